The number of thiazole rings is 1. The standard InChI is InChI=1S/C28H22BrClN4O2S3/c1-15(24(35)32-27-31-21(14-37-27)16-6-8-17(29)9-7-16)38-28-33-25-23(20-4-2-3-5-22(20)39-25)26(36)34(28)19-12-10-18(30)11-13-19/h6-15H,2-5H2,1H3,(H,31,32,35). The van der Waals surface area contributed by atoms with Gasteiger partial charge in [0.25, 0.3) is 5.56 Å². The van der Waals surface area contributed by atoms with Crippen molar-refractivity contribution in [1.29, 1.82) is 0 Å². The Kier molecular flexibility index (Phi) is 7.65. The average Bonchev–Trinajstić information content (AvgIpc) is 3.54. The summed E-state index contributed by atoms with van der Waals surface area (Å²) in [6.07, 6.45) is 4.08. The zero-order valence-corrected chi connectivity index (χ0v) is 25.5. The highest BCUT2D eigenvalue weighted by Gasteiger charge is 2.25. The van der Waals surface area contributed by atoms with E-state index in [1.807, 2.05) is 48.7 Å². The van der Waals surface area contributed by atoms with E-state index in [1.165, 1.54) is 28.0 Å². The number of nitrogens with zero attached hydrogens (tertiary/aromatic N) is 3. The lowest BCUT2D eigenvalue weighted by Crippen LogP contribution is -2.26. The van der Waals surface area contributed by atoms with E-state index in [4.69, 9.17) is 16.6 Å². The van der Waals surface area contributed by atoms with Crippen LogP contribution in [0, 0.1) is 0 Å². The zero-order chi connectivity index (χ0) is 27.1. The molecular formula is C28H22BrClN4O2S3. The number of hydrogen-bond acceptors (Lipinski definition) is 7. The number of aromatic nitrogens is 3. The van der Waals surface area contributed by atoms with Crippen molar-refractivity contribution in [3.63, 3.8) is 0 Å². The van der Waals surface area contributed by atoms with E-state index in [2.05, 4.69) is 26.2 Å². The Bertz CT molecular complexity index is 1750. The van der Waals surface area contributed by atoms with Crippen LogP contribution in [0.2, 0.25) is 5.02 Å². The lowest BCUT2D eigenvalue weighted by atomic mass is 9.97. The van der Waals surface area contributed by atoms with Gasteiger partial charge >= 0.3 is 0 Å². The van der Waals surface area contributed by atoms with Gasteiger partial charge in [-0.15, -0.1) is 22.7 Å². The number of nitrogens with one attached hydrogen (secondary N) is 1. The summed E-state index contributed by atoms with van der Waals surface area (Å²) in [6, 6.07) is 15.0. The summed E-state index contributed by atoms with van der Waals surface area (Å²) >= 11 is 13.8. The quantitative estimate of drug-likeness (QED) is 0.148. The second kappa shape index (κ2) is 11.2. The van der Waals surface area contributed by atoms with Crippen molar-refractivity contribution in [2.75, 3.05) is 5.32 Å². The van der Waals surface area contributed by atoms with Crippen molar-refractivity contribution in [2.45, 2.75) is 43.0 Å². The minimum Gasteiger partial charge on any atom is -0.301 e. The lowest BCUT2D eigenvalue weighted by Gasteiger charge is -2.16. The fraction of sp³-hybridized carbons (Fsp3) is 0.214. The molecule has 0 saturated carbocycles. The van der Waals surface area contributed by atoms with Gasteiger partial charge in [0, 0.05) is 25.3 Å². The molecule has 3 aromatic heterocycles. The van der Waals surface area contributed by atoms with Gasteiger partial charge in [-0.25, -0.2) is 9.97 Å². The molecule has 6 nitrogen and oxygen atoms in total. The van der Waals surface area contributed by atoms with Crippen molar-refractivity contribution in [2.24, 2.45) is 0 Å². The molecular weight excluding hydrogens is 636 g/mol. The highest BCUT2D eigenvalue weighted by Crippen LogP contribution is 2.36. The van der Waals surface area contributed by atoms with Crippen molar-refractivity contribution in [3.05, 3.63) is 84.2 Å². The number of carbonyl (C=O) groups excluding carboxylic acids is 1. The van der Waals surface area contributed by atoms with Crippen LogP contribution >= 0.6 is 62.0 Å². The third-order valence-corrected chi connectivity index (χ3v) is 10.3. The van der Waals surface area contributed by atoms with Crippen LogP contribution in [0.25, 0.3) is 27.2 Å². The number of thiophene rings is 1. The summed E-state index contributed by atoms with van der Waals surface area (Å²) in [7, 11) is 0. The second-order valence-electron chi connectivity index (χ2n) is 9.20. The Morgan fingerprint density at radius 2 is 1.85 bits per heavy atom. The predicted molar refractivity (Wildman–Crippen MR) is 166 cm³/mol. The molecule has 0 spiro atoms. The molecule has 0 aliphatic heterocycles. The number of fused-ring (bicyclic) bond motifs is 3. The highest BCUT2D eigenvalue weighted by molar-refractivity contribution is 9.10. The number of benzene rings is 2. The summed E-state index contributed by atoms with van der Waals surface area (Å²) in [6.45, 7) is 1.81. The van der Waals surface area contributed by atoms with E-state index < -0.39 is 5.25 Å². The van der Waals surface area contributed by atoms with Crippen LogP contribution in [-0.4, -0.2) is 25.7 Å². The molecule has 6 rings (SSSR count). The van der Waals surface area contributed by atoms with Crippen LogP contribution in [0.3, 0.4) is 0 Å². The average molecular weight is 658 g/mol. The van der Waals surface area contributed by atoms with Crippen LogP contribution in [-0.2, 0) is 17.6 Å². The van der Waals surface area contributed by atoms with Crippen LogP contribution in [0.5, 0.6) is 0 Å². The molecule has 39 heavy (non-hydrogen) atoms. The lowest BCUT2D eigenvalue weighted by molar-refractivity contribution is -0.115. The molecule has 0 fully saturated rings. The summed E-state index contributed by atoms with van der Waals surface area (Å²) in [5.74, 6) is -0.209. The molecule has 198 valence electrons. The molecule has 11 heteroatoms. The van der Waals surface area contributed by atoms with Crippen LogP contribution in [0.15, 0.2) is 68.3 Å². The number of halogens is 2. The van der Waals surface area contributed by atoms with E-state index in [0.717, 1.165) is 51.8 Å². The maximum atomic E-state index is 13.9. The molecule has 1 aliphatic rings. The number of hydrogen-bond donors (Lipinski definition) is 1. The van der Waals surface area contributed by atoms with E-state index >= 15 is 0 Å². The Labute approximate surface area is 250 Å². The van der Waals surface area contributed by atoms with Gasteiger partial charge < -0.3 is 5.32 Å². The second-order valence-corrected chi connectivity index (χ2v) is 13.8. The fourth-order valence-electron chi connectivity index (χ4n) is 4.59. The van der Waals surface area contributed by atoms with Crippen LogP contribution in [0.1, 0.15) is 30.2 Å². The molecule has 0 bridgehead atoms. The van der Waals surface area contributed by atoms with Gasteiger partial charge in [0.2, 0.25) is 5.91 Å². The molecule has 1 aliphatic carbocycles. The van der Waals surface area contributed by atoms with Crippen molar-refractivity contribution < 1.29 is 4.79 Å². The summed E-state index contributed by atoms with van der Waals surface area (Å²) in [4.78, 5) is 38.7. The first-order chi connectivity index (χ1) is 18.9. The highest BCUT2D eigenvalue weighted by atomic mass is 79.9. The largest absolute Gasteiger partial charge is 0.301 e. The summed E-state index contributed by atoms with van der Waals surface area (Å²) in [5.41, 5.74) is 3.47. The Morgan fingerprint density at radius 3 is 2.62 bits per heavy atom. The van der Waals surface area contributed by atoms with Gasteiger partial charge in [0.15, 0.2) is 10.3 Å². The Morgan fingerprint density at radius 1 is 1.10 bits per heavy atom. The molecule has 1 N–H and O–H groups in total. The van der Waals surface area contributed by atoms with Gasteiger partial charge in [-0.2, -0.15) is 0 Å². The molecule has 1 atom stereocenters. The molecule has 1 unspecified atom stereocenters. The smallest absolute Gasteiger partial charge is 0.267 e. The first kappa shape index (κ1) is 26.7. The fourth-order valence-corrected chi connectivity index (χ4v) is 7.93. The third kappa shape index (κ3) is 5.45. The van der Waals surface area contributed by atoms with Crippen molar-refractivity contribution >= 4 is 83.2 Å². The molecule has 0 radical (unpaired) electrons. The predicted octanol–water partition coefficient (Wildman–Crippen LogP) is 7.98. The molecule has 2 aromatic carbocycles. The maximum Gasteiger partial charge on any atom is 0.267 e. The number of thioether (sulfide) groups is 1. The first-order valence-electron chi connectivity index (χ1n) is 12.4. The van der Waals surface area contributed by atoms with E-state index in [9.17, 15) is 9.59 Å². The summed E-state index contributed by atoms with van der Waals surface area (Å²) in [5, 5.41) is 6.61. The SMILES string of the molecule is CC(Sc1nc2sc3c(c2c(=O)n1-c1ccc(Cl)cc1)CCCC3)C(=O)Nc1nc(-c2ccc(Br)cc2)cs1. The third-order valence-electron chi connectivity index (χ3n) is 6.57. The molecule has 1 amide bonds. The summed E-state index contributed by atoms with van der Waals surface area (Å²) < 4.78 is 2.61. The maximum absolute atomic E-state index is 13.9. The van der Waals surface area contributed by atoms with Crippen LogP contribution in [0.4, 0.5) is 5.13 Å². The van der Waals surface area contributed by atoms with Crippen molar-refractivity contribution in [1.82, 2.24) is 14.5 Å². The van der Waals surface area contributed by atoms with Gasteiger partial charge in [-0.3, -0.25) is 14.2 Å². The topological polar surface area (TPSA) is 76.9 Å². The zero-order valence-electron chi connectivity index (χ0n) is 20.7. The monoisotopic (exact) mass is 656 g/mol. The van der Waals surface area contributed by atoms with Crippen LogP contribution < -0.4 is 10.9 Å². The number of anilines is 1. The molecule has 0 saturated heterocycles. The molecule has 3 heterocycles. The minimum absolute atomic E-state index is 0.101. The first-order valence-corrected chi connectivity index (χ1v) is 16.1. The normalized spacial score (nSPS) is 13.8. The Balaban J connectivity index is 1.31. The number of rotatable bonds is 6. The van der Waals surface area contributed by atoms with Gasteiger partial charge in [-0.1, -0.05) is 51.4 Å². The Hall–Kier alpha value is -2.50. The van der Waals surface area contributed by atoms with E-state index in [1.54, 1.807) is 28.0 Å². The van der Waals surface area contributed by atoms with Gasteiger partial charge in [0.05, 0.1) is 22.0 Å². The van der Waals surface area contributed by atoms with Crippen molar-refractivity contribution in [3.8, 4) is 16.9 Å². The van der Waals surface area contributed by atoms with E-state index in [0.29, 0.717) is 26.4 Å². The molecule has 5 aromatic rings. The van der Waals surface area contributed by atoms with Gasteiger partial charge in [0.1, 0.15) is 4.83 Å². The minimum atomic E-state index is -0.525. The number of aryl methyl sites for hydroxylation is 2. The number of carbonyl (C=O) groups is 1. The van der Waals surface area contributed by atoms with Gasteiger partial charge in [-0.05, 0) is 74.6 Å². The number of amides is 1. The van der Waals surface area contributed by atoms with E-state index in [-0.39, 0.29) is 11.5 Å².